The average molecular weight is 1060 g/mol. The molecule has 396 valence electrons. The topological polar surface area (TPSA) is 211 Å². The van der Waals surface area contributed by atoms with Crippen molar-refractivity contribution in [3.63, 3.8) is 0 Å². The van der Waals surface area contributed by atoms with Crippen molar-refractivity contribution in [1.82, 2.24) is 30.2 Å². The SMILES string of the molecule is COc1cc(N)c(Cl)cc1C(=O)NC1CCN(CCCC(=O)N2CCCC2)CC1c1ccc(OC(=O)Oc2ccc(C3CN(CCCC(=O)N4CCCC4)CCC3NC(=O)c3cc(Cl)c(N)cc3OC)cc2)cc1. The van der Waals surface area contributed by atoms with E-state index in [0.717, 1.165) is 102 Å². The van der Waals surface area contributed by atoms with Gasteiger partial charge in [-0.3, -0.25) is 19.2 Å². The quantitative estimate of drug-likeness (QED) is 0.0428. The Morgan fingerprint density at radius 1 is 0.568 bits per heavy atom. The molecule has 19 heteroatoms. The third-order valence-corrected chi connectivity index (χ3v) is 15.5. The molecule has 4 heterocycles. The molecule has 8 rings (SSSR count). The maximum atomic E-state index is 13.8. The van der Waals surface area contributed by atoms with Crippen LogP contribution < -0.4 is 41.0 Å². The fraction of sp³-hybridized carbons (Fsp3) is 0.473. The molecule has 0 bridgehead atoms. The van der Waals surface area contributed by atoms with E-state index >= 15 is 0 Å². The Morgan fingerprint density at radius 3 is 1.31 bits per heavy atom. The lowest BCUT2D eigenvalue weighted by atomic mass is 9.85. The fourth-order valence-electron chi connectivity index (χ4n) is 10.7. The molecule has 0 aromatic heterocycles. The van der Waals surface area contributed by atoms with Crippen molar-refractivity contribution < 1.29 is 42.9 Å². The van der Waals surface area contributed by atoms with Crippen molar-refractivity contribution >= 4 is 64.4 Å². The van der Waals surface area contributed by atoms with Crippen LogP contribution in [0.1, 0.15) is 108 Å². The molecule has 4 aliphatic heterocycles. The average Bonchev–Trinajstić information content (AvgIpc) is 4.16. The number of hydrogen-bond acceptors (Lipinski definition) is 13. The predicted molar refractivity (Wildman–Crippen MR) is 285 cm³/mol. The first kappa shape index (κ1) is 54.0. The number of benzene rings is 4. The zero-order valence-electron chi connectivity index (χ0n) is 42.3. The van der Waals surface area contributed by atoms with Crippen molar-refractivity contribution in [2.24, 2.45) is 0 Å². The van der Waals surface area contributed by atoms with Gasteiger partial charge in [-0.1, -0.05) is 47.5 Å². The highest BCUT2D eigenvalue weighted by Crippen LogP contribution is 2.35. The molecule has 17 nitrogen and oxygen atoms in total. The van der Waals surface area contributed by atoms with Crippen LogP contribution in [0.15, 0.2) is 72.8 Å². The molecular weight excluding hydrogens is 988 g/mol. The Kier molecular flexibility index (Phi) is 18.5. The lowest BCUT2D eigenvalue weighted by molar-refractivity contribution is -0.131. The number of likely N-dealkylation sites (tertiary alicyclic amines) is 4. The van der Waals surface area contributed by atoms with Crippen LogP contribution in [0.5, 0.6) is 23.0 Å². The Bertz CT molecular complexity index is 2450. The van der Waals surface area contributed by atoms with Gasteiger partial charge in [-0.05, 0) is 112 Å². The number of ether oxygens (including phenoxy) is 4. The maximum absolute atomic E-state index is 13.8. The summed E-state index contributed by atoms with van der Waals surface area (Å²) in [7, 11) is 2.94. The van der Waals surface area contributed by atoms with Crippen molar-refractivity contribution in [3.05, 3.63) is 105 Å². The molecule has 4 aromatic carbocycles. The van der Waals surface area contributed by atoms with E-state index in [0.29, 0.717) is 61.6 Å². The molecule has 4 fully saturated rings. The molecule has 4 aromatic rings. The van der Waals surface area contributed by atoms with E-state index in [9.17, 15) is 24.0 Å². The summed E-state index contributed by atoms with van der Waals surface area (Å²) >= 11 is 12.7. The van der Waals surface area contributed by atoms with Gasteiger partial charge in [0.15, 0.2) is 0 Å². The van der Waals surface area contributed by atoms with Crippen LogP contribution >= 0.6 is 23.2 Å². The molecule has 4 unspecified atom stereocenters. The molecule has 0 aliphatic carbocycles. The summed E-state index contributed by atoms with van der Waals surface area (Å²) in [5.74, 6) is 0.583. The number of carbonyl (C=O) groups is 5. The van der Waals surface area contributed by atoms with Crippen molar-refractivity contribution in [2.45, 2.75) is 88.1 Å². The van der Waals surface area contributed by atoms with E-state index in [1.165, 1.54) is 38.5 Å². The minimum absolute atomic E-state index is 0.149. The summed E-state index contributed by atoms with van der Waals surface area (Å²) < 4.78 is 22.3. The van der Waals surface area contributed by atoms with Crippen LogP contribution in [0.4, 0.5) is 16.2 Å². The first-order chi connectivity index (χ1) is 35.8. The largest absolute Gasteiger partial charge is 0.519 e. The Balaban J connectivity index is 0.915. The molecule has 4 saturated heterocycles. The van der Waals surface area contributed by atoms with Crippen LogP contribution in [-0.4, -0.2) is 141 Å². The third-order valence-electron chi connectivity index (χ3n) is 14.8. The second-order valence-electron chi connectivity index (χ2n) is 19.7. The van der Waals surface area contributed by atoms with Crippen LogP contribution in [0.3, 0.4) is 0 Å². The van der Waals surface area contributed by atoms with Gasteiger partial charge >= 0.3 is 6.16 Å². The van der Waals surface area contributed by atoms with Crippen molar-refractivity contribution in [1.29, 1.82) is 0 Å². The molecule has 6 N–H and O–H groups in total. The summed E-state index contributed by atoms with van der Waals surface area (Å²) in [6.45, 7) is 7.49. The van der Waals surface area contributed by atoms with Crippen LogP contribution in [0.25, 0.3) is 0 Å². The van der Waals surface area contributed by atoms with Gasteiger partial charge in [-0.2, -0.15) is 0 Å². The number of halogens is 2. The highest BCUT2D eigenvalue weighted by atomic mass is 35.5. The summed E-state index contributed by atoms with van der Waals surface area (Å²) in [5.41, 5.74) is 15.0. The number of anilines is 2. The standard InChI is InChI=1S/C55H68Cl2N8O9/c1-71-49-31-45(58)43(56)29-39(49)53(68)60-47-19-27-62(21-7-9-51(66)64-23-3-4-24-64)33-41(47)35-11-15-37(16-12-35)73-55(70)74-38-17-13-36(14-18-38)42-34-63(22-8-10-52(67)65-25-5-6-26-65)28-20-48(42)61-54(69)40-30-44(57)46(59)32-50(40)72-2/h11-18,29-32,41-42,47-48H,3-10,19-28,33-34,58-59H2,1-2H3,(H,60,68)(H,61,69). The number of nitrogens with zero attached hydrogens (tertiary/aromatic N) is 4. The van der Waals surface area contributed by atoms with Gasteiger partial charge in [-0.15, -0.1) is 0 Å². The minimum atomic E-state index is -0.923. The van der Waals surface area contributed by atoms with Crippen LogP contribution in [0, 0.1) is 0 Å². The number of rotatable bonds is 18. The van der Waals surface area contributed by atoms with E-state index in [-0.39, 0.29) is 80.2 Å². The van der Waals surface area contributed by atoms with Crippen molar-refractivity contribution in [3.8, 4) is 23.0 Å². The number of methoxy groups -OCH3 is 2. The molecule has 4 atom stereocenters. The highest BCUT2D eigenvalue weighted by Gasteiger charge is 2.35. The van der Waals surface area contributed by atoms with Gasteiger partial charge < -0.3 is 60.6 Å². The predicted octanol–water partition coefficient (Wildman–Crippen LogP) is 7.73. The number of hydrogen-bond donors (Lipinski definition) is 4. The Morgan fingerprint density at radius 2 is 0.946 bits per heavy atom. The lowest BCUT2D eigenvalue weighted by Gasteiger charge is -2.39. The van der Waals surface area contributed by atoms with Crippen LogP contribution in [-0.2, 0) is 9.59 Å². The molecule has 0 saturated carbocycles. The smallest absolute Gasteiger partial charge is 0.496 e. The number of piperidine rings is 2. The Labute approximate surface area is 443 Å². The summed E-state index contributed by atoms with van der Waals surface area (Å²) in [4.78, 5) is 75.0. The number of amides is 4. The zero-order chi connectivity index (χ0) is 52.3. The minimum Gasteiger partial charge on any atom is -0.496 e. The van der Waals surface area contributed by atoms with Gasteiger partial charge in [0.05, 0.1) is 46.8 Å². The summed E-state index contributed by atoms with van der Waals surface area (Å²) in [5, 5.41) is 6.95. The number of nitrogens with two attached hydrogens (primary N) is 2. The molecule has 4 aliphatic rings. The number of carbonyl (C=O) groups excluding carboxylic acids is 5. The van der Waals surface area contributed by atoms with E-state index in [4.69, 9.17) is 53.6 Å². The lowest BCUT2D eigenvalue weighted by Crippen LogP contribution is -2.50. The van der Waals surface area contributed by atoms with Gasteiger partial charge in [0, 0.05) is 101 Å². The monoisotopic (exact) mass is 1050 g/mol. The summed E-state index contributed by atoms with van der Waals surface area (Å²) in [6, 6.07) is 19.9. The molecule has 0 radical (unpaired) electrons. The van der Waals surface area contributed by atoms with Gasteiger partial charge in [0.1, 0.15) is 23.0 Å². The zero-order valence-corrected chi connectivity index (χ0v) is 43.8. The van der Waals surface area contributed by atoms with Crippen molar-refractivity contribution in [2.75, 3.05) is 91.1 Å². The van der Waals surface area contributed by atoms with E-state index in [1.807, 2.05) is 34.1 Å². The third kappa shape index (κ3) is 13.7. The maximum Gasteiger partial charge on any atom is 0.519 e. The van der Waals surface area contributed by atoms with Gasteiger partial charge in [0.2, 0.25) is 11.8 Å². The molecule has 0 spiro atoms. The highest BCUT2D eigenvalue weighted by molar-refractivity contribution is 6.34. The Hall–Kier alpha value is -6.27. The first-order valence-electron chi connectivity index (χ1n) is 25.7. The summed E-state index contributed by atoms with van der Waals surface area (Å²) in [6.07, 6.45) is 7.04. The van der Waals surface area contributed by atoms with E-state index in [2.05, 4.69) is 20.4 Å². The molecule has 74 heavy (non-hydrogen) atoms. The molecular formula is C55H68Cl2N8O9. The van der Waals surface area contributed by atoms with Gasteiger partial charge in [-0.25, -0.2) is 4.79 Å². The van der Waals surface area contributed by atoms with E-state index < -0.39 is 6.16 Å². The first-order valence-corrected chi connectivity index (χ1v) is 26.5. The van der Waals surface area contributed by atoms with E-state index in [1.54, 1.807) is 24.3 Å². The second-order valence-corrected chi connectivity index (χ2v) is 20.5. The van der Waals surface area contributed by atoms with Gasteiger partial charge in [0.25, 0.3) is 11.8 Å². The number of nitrogens with one attached hydrogen (secondary N) is 2. The fourth-order valence-corrected chi connectivity index (χ4v) is 11.1. The normalized spacial score (nSPS) is 20.2. The van der Waals surface area contributed by atoms with Crippen LogP contribution in [0.2, 0.25) is 10.0 Å². The molecule has 4 amide bonds. The second kappa shape index (κ2) is 25.3. The number of nitrogen functional groups attached to an aromatic ring is 2.